The fourth-order valence-electron chi connectivity index (χ4n) is 2.21. The van der Waals surface area contributed by atoms with Crippen LogP contribution in [-0.4, -0.2) is 52.8 Å². The van der Waals surface area contributed by atoms with E-state index < -0.39 is 0 Å². The van der Waals surface area contributed by atoms with Gasteiger partial charge in [-0.2, -0.15) is 0 Å². The van der Waals surface area contributed by atoms with Crippen LogP contribution in [0.5, 0.6) is 0 Å². The predicted octanol–water partition coefficient (Wildman–Crippen LogP) is 1.68. The maximum absolute atomic E-state index is 12.3. The molecule has 1 aromatic rings. The van der Waals surface area contributed by atoms with Crippen LogP contribution in [0.2, 0.25) is 5.02 Å². The van der Waals surface area contributed by atoms with Crippen molar-refractivity contribution in [2.45, 2.75) is 13.8 Å². The number of piperazine rings is 1. The first kappa shape index (κ1) is 14.8. The molecule has 1 fully saturated rings. The third-order valence-electron chi connectivity index (χ3n) is 3.38. The molecule has 2 rings (SSSR count). The Morgan fingerprint density at radius 1 is 1.20 bits per heavy atom. The maximum atomic E-state index is 12.3. The summed E-state index contributed by atoms with van der Waals surface area (Å²) < 4.78 is 0. The molecule has 5 nitrogen and oxygen atoms in total. The Kier molecular flexibility index (Phi) is 4.60. The lowest BCUT2D eigenvalue weighted by molar-refractivity contribution is -0.135. The van der Waals surface area contributed by atoms with Crippen LogP contribution in [0.4, 0.5) is 0 Å². The quantitative estimate of drug-likeness (QED) is 0.834. The third-order valence-corrected chi connectivity index (χ3v) is 3.68. The van der Waals surface area contributed by atoms with Crippen LogP contribution >= 0.6 is 11.6 Å². The zero-order valence-corrected chi connectivity index (χ0v) is 12.4. The number of hydrogen-bond donors (Lipinski definition) is 0. The van der Waals surface area contributed by atoms with Gasteiger partial charge in [0.05, 0.1) is 10.6 Å². The number of amides is 2. The second-order valence-electron chi connectivity index (χ2n) is 5.13. The van der Waals surface area contributed by atoms with E-state index in [2.05, 4.69) is 4.98 Å². The zero-order valence-electron chi connectivity index (χ0n) is 11.7. The van der Waals surface area contributed by atoms with E-state index in [1.54, 1.807) is 17.2 Å². The van der Waals surface area contributed by atoms with Crippen molar-refractivity contribution in [1.29, 1.82) is 0 Å². The molecule has 2 amide bonds. The van der Waals surface area contributed by atoms with Crippen LogP contribution in [0.3, 0.4) is 0 Å². The van der Waals surface area contributed by atoms with Crippen LogP contribution in [-0.2, 0) is 4.79 Å². The summed E-state index contributed by atoms with van der Waals surface area (Å²) in [6.07, 6.45) is 3.02. The van der Waals surface area contributed by atoms with E-state index in [0.717, 1.165) is 0 Å². The molecule has 1 aliphatic rings. The molecular weight excluding hydrogens is 278 g/mol. The molecular formula is C14H18ClN3O2. The van der Waals surface area contributed by atoms with Gasteiger partial charge in [-0.15, -0.1) is 0 Å². The number of rotatable bonds is 2. The number of halogens is 1. The van der Waals surface area contributed by atoms with Crippen LogP contribution < -0.4 is 0 Å². The second-order valence-corrected chi connectivity index (χ2v) is 5.53. The average Bonchev–Trinajstić information content (AvgIpc) is 2.46. The molecule has 108 valence electrons. The van der Waals surface area contributed by atoms with Crippen molar-refractivity contribution in [3.05, 3.63) is 29.0 Å². The van der Waals surface area contributed by atoms with E-state index >= 15 is 0 Å². The van der Waals surface area contributed by atoms with Gasteiger partial charge in [-0.25, -0.2) is 0 Å². The average molecular weight is 296 g/mol. The number of hydrogen-bond acceptors (Lipinski definition) is 3. The fourth-order valence-corrected chi connectivity index (χ4v) is 2.41. The molecule has 0 atom stereocenters. The molecule has 0 saturated carbocycles. The highest BCUT2D eigenvalue weighted by atomic mass is 35.5. The van der Waals surface area contributed by atoms with Gasteiger partial charge in [-0.3, -0.25) is 14.6 Å². The summed E-state index contributed by atoms with van der Waals surface area (Å²) in [4.78, 5) is 31.6. The first-order valence-corrected chi connectivity index (χ1v) is 7.06. The summed E-state index contributed by atoms with van der Waals surface area (Å²) in [5, 5.41) is 0.359. The molecule has 6 heteroatoms. The van der Waals surface area contributed by atoms with Crippen LogP contribution in [0.25, 0.3) is 0 Å². The molecule has 0 bridgehead atoms. The van der Waals surface area contributed by atoms with Gasteiger partial charge in [0.2, 0.25) is 5.91 Å². The molecule has 0 aromatic carbocycles. The van der Waals surface area contributed by atoms with E-state index in [1.807, 2.05) is 18.7 Å². The Labute approximate surface area is 123 Å². The van der Waals surface area contributed by atoms with E-state index in [-0.39, 0.29) is 17.7 Å². The van der Waals surface area contributed by atoms with Gasteiger partial charge in [0.25, 0.3) is 5.91 Å². The van der Waals surface area contributed by atoms with Gasteiger partial charge in [0, 0.05) is 44.5 Å². The Bertz CT molecular complexity index is 511. The minimum Gasteiger partial charge on any atom is -0.339 e. The van der Waals surface area contributed by atoms with Gasteiger partial charge >= 0.3 is 0 Å². The maximum Gasteiger partial charge on any atom is 0.255 e. The topological polar surface area (TPSA) is 53.5 Å². The summed E-state index contributed by atoms with van der Waals surface area (Å²) in [6, 6.07) is 1.62. The first-order valence-electron chi connectivity index (χ1n) is 6.68. The van der Waals surface area contributed by atoms with Crippen LogP contribution in [0.1, 0.15) is 24.2 Å². The van der Waals surface area contributed by atoms with Gasteiger partial charge < -0.3 is 9.80 Å². The van der Waals surface area contributed by atoms with E-state index in [1.165, 1.54) is 6.20 Å². The molecule has 0 unspecified atom stereocenters. The van der Waals surface area contributed by atoms with Crippen molar-refractivity contribution in [3.8, 4) is 0 Å². The Morgan fingerprint density at radius 2 is 1.80 bits per heavy atom. The van der Waals surface area contributed by atoms with Crippen molar-refractivity contribution in [1.82, 2.24) is 14.8 Å². The Hall–Kier alpha value is -1.62. The summed E-state index contributed by atoms with van der Waals surface area (Å²) >= 11 is 5.98. The summed E-state index contributed by atoms with van der Waals surface area (Å²) in [6.45, 7) is 6.00. The normalized spacial score (nSPS) is 15.6. The van der Waals surface area contributed by atoms with Crippen molar-refractivity contribution < 1.29 is 9.59 Å². The predicted molar refractivity (Wildman–Crippen MR) is 76.6 cm³/mol. The van der Waals surface area contributed by atoms with Gasteiger partial charge in [-0.1, -0.05) is 25.4 Å². The van der Waals surface area contributed by atoms with E-state index in [4.69, 9.17) is 11.6 Å². The number of carbonyl (C=O) groups is 2. The highest BCUT2D eigenvalue weighted by Crippen LogP contribution is 2.17. The highest BCUT2D eigenvalue weighted by molar-refractivity contribution is 6.33. The number of carbonyl (C=O) groups excluding carboxylic acids is 2. The second kappa shape index (κ2) is 6.22. The lowest BCUT2D eigenvalue weighted by Gasteiger charge is -2.35. The number of aromatic nitrogens is 1. The summed E-state index contributed by atoms with van der Waals surface area (Å²) in [5.74, 6) is 0.0278. The SMILES string of the molecule is CC(C)C(=O)N1CCN(C(=O)c2ccncc2Cl)CC1. The number of pyridine rings is 1. The van der Waals surface area contributed by atoms with Crippen LogP contribution in [0.15, 0.2) is 18.5 Å². The van der Waals surface area contributed by atoms with E-state index in [0.29, 0.717) is 36.8 Å². The Morgan fingerprint density at radius 3 is 2.35 bits per heavy atom. The van der Waals surface area contributed by atoms with Gasteiger partial charge in [-0.05, 0) is 6.07 Å². The molecule has 1 aromatic heterocycles. The van der Waals surface area contributed by atoms with Crippen molar-refractivity contribution in [2.75, 3.05) is 26.2 Å². The Balaban J connectivity index is 1.99. The molecule has 1 saturated heterocycles. The molecule has 20 heavy (non-hydrogen) atoms. The lowest BCUT2D eigenvalue weighted by atomic mass is 10.1. The monoisotopic (exact) mass is 295 g/mol. The molecule has 2 heterocycles. The van der Waals surface area contributed by atoms with E-state index in [9.17, 15) is 9.59 Å². The zero-order chi connectivity index (χ0) is 14.7. The summed E-state index contributed by atoms with van der Waals surface area (Å²) in [5.41, 5.74) is 0.463. The first-order chi connectivity index (χ1) is 9.50. The molecule has 0 radical (unpaired) electrons. The van der Waals surface area contributed by atoms with Gasteiger partial charge in [0.1, 0.15) is 0 Å². The lowest BCUT2D eigenvalue weighted by Crippen LogP contribution is -2.51. The largest absolute Gasteiger partial charge is 0.339 e. The van der Waals surface area contributed by atoms with Crippen molar-refractivity contribution in [2.24, 2.45) is 5.92 Å². The van der Waals surface area contributed by atoms with Crippen molar-refractivity contribution in [3.63, 3.8) is 0 Å². The molecule has 0 aliphatic carbocycles. The minimum atomic E-state index is -0.103. The molecule has 0 spiro atoms. The smallest absolute Gasteiger partial charge is 0.255 e. The van der Waals surface area contributed by atoms with Gasteiger partial charge in [0.15, 0.2) is 0 Å². The minimum absolute atomic E-state index is 0.00751. The van der Waals surface area contributed by atoms with Crippen molar-refractivity contribution >= 4 is 23.4 Å². The summed E-state index contributed by atoms with van der Waals surface area (Å²) in [7, 11) is 0. The number of nitrogens with zero attached hydrogens (tertiary/aromatic N) is 3. The highest BCUT2D eigenvalue weighted by Gasteiger charge is 2.26. The third kappa shape index (κ3) is 3.10. The molecule has 0 N–H and O–H groups in total. The standard InChI is InChI=1S/C14H18ClN3O2/c1-10(2)13(19)17-5-7-18(8-6-17)14(20)11-3-4-16-9-12(11)15/h3-4,9-10H,5-8H2,1-2H3. The molecule has 1 aliphatic heterocycles. The fraction of sp³-hybridized carbons (Fsp3) is 0.500. The van der Waals surface area contributed by atoms with Crippen LogP contribution in [0, 0.1) is 5.92 Å².